The van der Waals surface area contributed by atoms with E-state index in [2.05, 4.69) is 5.32 Å². The van der Waals surface area contributed by atoms with E-state index < -0.39 is 30.2 Å². The van der Waals surface area contributed by atoms with E-state index in [1.807, 2.05) is 0 Å². The highest BCUT2D eigenvalue weighted by molar-refractivity contribution is 5.73. The molecule has 0 aromatic carbocycles. The van der Waals surface area contributed by atoms with E-state index in [1.54, 1.807) is 0 Å². The molecule has 0 fully saturated rings. The summed E-state index contributed by atoms with van der Waals surface area (Å²) in [6.07, 6.45) is -7.15. The van der Waals surface area contributed by atoms with Gasteiger partial charge in [-0.3, -0.25) is 4.79 Å². The Morgan fingerprint density at radius 3 is 2.20 bits per heavy atom. The fourth-order valence-electron chi connectivity index (χ4n) is 0.713. The number of hydrogen-bond acceptors (Lipinski definition) is 3. The number of nitrogens with one attached hydrogen (secondary N) is 1. The maximum atomic E-state index is 11.8. The Morgan fingerprint density at radius 2 is 1.87 bits per heavy atom. The zero-order chi connectivity index (χ0) is 12.3. The maximum absolute atomic E-state index is 11.8. The largest absolute Gasteiger partial charge is 0.481 e. The minimum absolute atomic E-state index is 0.143. The Hall–Kier alpha value is -0.820. The molecule has 0 amide bonds. The van der Waals surface area contributed by atoms with Crippen LogP contribution in [0.25, 0.3) is 0 Å². The minimum atomic E-state index is -4.68. The number of rotatable bonds is 5. The zero-order valence-corrected chi connectivity index (χ0v) is 8.43. The van der Waals surface area contributed by atoms with E-state index >= 15 is 0 Å². The quantitative estimate of drug-likeness (QED) is 0.646. The fourth-order valence-corrected chi connectivity index (χ4v) is 0.713. The number of hydrogen-bond donors (Lipinski definition) is 3. The molecule has 0 bridgehead atoms. The van der Waals surface area contributed by atoms with Crippen molar-refractivity contribution < 1.29 is 28.2 Å². The molecule has 0 aromatic heterocycles. The van der Waals surface area contributed by atoms with E-state index in [4.69, 9.17) is 10.2 Å². The normalized spacial score (nSPS) is 15.1. The second-order valence-electron chi connectivity index (χ2n) is 3.88. The second kappa shape index (κ2) is 4.80. The summed E-state index contributed by atoms with van der Waals surface area (Å²) >= 11 is 0. The molecule has 4 nitrogen and oxygen atoms in total. The number of halogens is 3. The van der Waals surface area contributed by atoms with Gasteiger partial charge in [0, 0.05) is 13.1 Å². The first-order valence-electron chi connectivity index (χ1n) is 4.26. The number of carbonyl (C=O) groups is 1. The van der Waals surface area contributed by atoms with E-state index in [-0.39, 0.29) is 6.54 Å². The van der Waals surface area contributed by atoms with Crippen LogP contribution < -0.4 is 5.32 Å². The van der Waals surface area contributed by atoms with Gasteiger partial charge in [-0.15, -0.1) is 0 Å². The maximum Gasteiger partial charge on any atom is 0.415 e. The first-order valence-corrected chi connectivity index (χ1v) is 4.26. The van der Waals surface area contributed by atoms with Crippen LogP contribution in [0, 0.1) is 5.41 Å². The van der Waals surface area contributed by atoms with Crippen LogP contribution in [0.3, 0.4) is 0 Å². The molecule has 3 N–H and O–H groups in total. The van der Waals surface area contributed by atoms with Gasteiger partial charge in [0.05, 0.1) is 5.41 Å². The molecule has 0 radical (unpaired) electrons. The molecule has 7 heteroatoms. The van der Waals surface area contributed by atoms with Gasteiger partial charge in [0.25, 0.3) is 0 Å². The molecule has 15 heavy (non-hydrogen) atoms. The van der Waals surface area contributed by atoms with E-state index in [0.29, 0.717) is 0 Å². The van der Waals surface area contributed by atoms with Crippen molar-refractivity contribution in [3.63, 3.8) is 0 Å². The Balaban J connectivity index is 3.95. The molecule has 90 valence electrons. The third-order valence-corrected chi connectivity index (χ3v) is 1.86. The summed E-state index contributed by atoms with van der Waals surface area (Å²) in [5, 5.41) is 19.5. The average Bonchev–Trinajstić information content (AvgIpc) is 2.01. The Kier molecular flexibility index (Phi) is 4.54. The topological polar surface area (TPSA) is 69.6 Å². The van der Waals surface area contributed by atoms with Gasteiger partial charge in [-0.1, -0.05) is 0 Å². The number of carboxylic acid groups (broad SMARTS) is 1. The molecule has 1 unspecified atom stereocenters. The lowest BCUT2D eigenvalue weighted by Gasteiger charge is -2.21. The third-order valence-electron chi connectivity index (χ3n) is 1.86. The van der Waals surface area contributed by atoms with Crippen molar-refractivity contribution in [1.29, 1.82) is 0 Å². The Labute approximate surface area is 85.1 Å². The molecule has 0 aliphatic rings. The first-order chi connectivity index (χ1) is 6.57. The lowest BCUT2D eigenvalue weighted by molar-refractivity contribution is -0.202. The molecule has 0 saturated carbocycles. The number of carboxylic acids is 1. The molecule has 0 saturated heterocycles. The van der Waals surface area contributed by atoms with E-state index in [1.165, 1.54) is 13.8 Å². The lowest BCUT2D eigenvalue weighted by Crippen LogP contribution is -2.43. The molecule has 0 aliphatic heterocycles. The molecule has 0 rings (SSSR count). The van der Waals surface area contributed by atoms with Crippen LogP contribution in [0.15, 0.2) is 0 Å². The van der Waals surface area contributed by atoms with Crippen LogP contribution in [0.2, 0.25) is 0 Å². The number of alkyl halides is 3. The van der Waals surface area contributed by atoms with Crippen molar-refractivity contribution in [3.8, 4) is 0 Å². The summed E-state index contributed by atoms with van der Waals surface area (Å²) in [5.74, 6) is -1.11. The molecule has 1 atom stereocenters. The standard InChI is InChI=1S/C8H14F3NO3/c1-7(2,6(14)15)4-12-3-5(13)8(9,10)11/h5,12-13H,3-4H2,1-2H3,(H,14,15). The van der Waals surface area contributed by atoms with Gasteiger partial charge in [0.15, 0.2) is 6.10 Å². The van der Waals surface area contributed by atoms with Gasteiger partial charge in [-0.25, -0.2) is 0 Å². The third kappa shape index (κ3) is 4.98. The van der Waals surface area contributed by atoms with Crippen LogP contribution in [-0.4, -0.2) is 41.6 Å². The Morgan fingerprint density at radius 1 is 1.40 bits per heavy atom. The van der Waals surface area contributed by atoms with Crippen LogP contribution in [0.4, 0.5) is 13.2 Å². The minimum Gasteiger partial charge on any atom is -0.481 e. The van der Waals surface area contributed by atoms with Crippen molar-refractivity contribution in [1.82, 2.24) is 5.32 Å². The van der Waals surface area contributed by atoms with Crippen LogP contribution in [0.1, 0.15) is 13.8 Å². The Bertz CT molecular complexity index is 228. The molecular formula is C8H14F3NO3. The second-order valence-corrected chi connectivity index (χ2v) is 3.88. The molecule has 0 heterocycles. The summed E-state index contributed by atoms with van der Waals surface area (Å²) < 4.78 is 35.5. The van der Waals surface area contributed by atoms with E-state index in [9.17, 15) is 18.0 Å². The van der Waals surface area contributed by atoms with Crippen molar-refractivity contribution in [3.05, 3.63) is 0 Å². The summed E-state index contributed by atoms with van der Waals surface area (Å²) in [6.45, 7) is 1.90. The zero-order valence-electron chi connectivity index (χ0n) is 8.43. The summed E-state index contributed by atoms with van der Waals surface area (Å²) in [4.78, 5) is 10.6. The summed E-state index contributed by atoms with van der Waals surface area (Å²) in [6, 6.07) is 0. The van der Waals surface area contributed by atoms with Gasteiger partial charge < -0.3 is 15.5 Å². The highest BCUT2D eigenvalue weighted by Crippen LogP contribution is 2.19. The van der Waals surface area contributed by atoms with Crippen molar-refractivity contribution in [2.24, 2.45) is 5.41 Å². The predicted octanol–water partition coefficient (Wildman–Crippen LogP) is 0.610. The SMILES string of the molecule is CC(C)(CNCC(O)C(F)(F)F)C(=O)O. The average molecular weight is 229 g/mol. The fraction of sp³-hybridized carbons (Fsp3) is 0.875. The van der Waals surface area contributed by atoms with Gasteiger partial charge in [0.1, 0.15) is 0 Å². The van der Waals surface area contributed by atoms with Crippen LogP contribution in [-0.2, 0) is 4.79 Å². The predicted molar refractivity (Wildman–Crippen MR) is 46.3 cm³/mol. The molecular weight excluding hydrogens is 215 g/mol. The summed E-state index contributed by atoms with van der Waals surface area (Å²) in [7, 11) is 0. The van der Waals surface area contributed by atoms with Crippen LogP contribution in [0.5, 0.6) is 0 Å². The number of aliphatic carboxylic acids is 1. The van der Waals surface area contributed by atoms with Gasteiger partial charge in [-0.05, 0) is 13.8 Å². The van der Waals surface area contributed by atoms with Gasteiger partial charge in [0.2, 0.25) is 0 Å². The smallest absolute Gasteiger partial charge is 0.415 e. The molecule has 0 spiro atoms. The first kappa shape index (κ1) is 14.2. The molecule has 0 aliphatic carbocycles. The highest BCUT2D eigenvalue weighted by atomic mass is 19.4. The summed E-state index contributed by atoms with van der Waals surface area (Å²) in [5.41, 5.74) is -1.16. The number of aliphatic hydroxyl groups is 1. The highest BCUT2D eigenvalue weighted by Gasteiger charge is 2.38. The van der Waals surface area contributed by atoms with Crippen molar-refractivity contribution in [2.45, 2.75) is 26.1 Å². The van der Waals surface area contributed by atoms with E-state index in [0.717, 1.165) is 0 Å². The monoisotopic (exact) mass is 229 g/mol. The number of aliphatic hydroxyl groups excluding tert-OH is 1. The molecule has 0 aromatic rings. The van der Waals surface area contributed by atoms with Gasteiger partial charge in [-0.2, -0.15) is 13.2 Å². The van der Waals surface area contributed by atoms with Crippen molar-refractivity contribution in [2.75, 3.05) is 13.1 Å². The van der Waals surface area contributed by atoms with Crippen molar-refractivity contribution >= 4 is 5.97 Å². The van der Waals surface area contributed by atoms with Crippen LogP contribution >= 0.6 is 0 Å². The lowest BCUT2D eigenvalue weighted by atomic mass is 9.94. The van der Waals surface area contributed by atoms with Gasteiger partial charge >= 0.3 is 12.1 Å².